The van der Waals surface area contributed by atoms with Crippen molar-refractivity contribution in [3.8, 4) is 11.4 Å². The van der Waals surface area contributed by atoms with Crippen LogP contribution >= 0.6 is 46.3 Å². The van der Waals surface area contributed by atoms with E-state index in [0.29, 0.717) is 33.4 Å². The second-order valence-corrected chi connectivity index (χ2v) is 9.23. The maximum atomic E-state index is 12.4. The molecule has 1 amide bonds. The highest BCUT2D eigenvalue weighted by Crippen LogP contribution is 2.32. The number of hydrogen-bond acceptors (Lipinski definition) is 5. The van der Waals surface area contributed by atoms with Crippen LogP contribution in [0.4, 0.5) is 5.69 Å². The first-order valence-corrected chi connectivity index (χ1v) is 11.5. The molecule has 0 aliphatic carbocycles. The van der Waals surface area contributed by atoms with E-state index >= 15 is 0 Å². The largest absolute Gasteiger partial charge is 0.323 e. The lowest BCUT2D eigenvalue weighted by Crippen LogP contribution is -2.15. The molecule has 0 fully saturated rings. The van der Waals surface area contributed by atoms with E-state index in [1.54, 1.807) is 35.6 Å². The third-order valence-corrected chi connectivity index (χ3v) is 6.86. The molecule has 3 aromatic rings. The zero-order valence-corrected chi connectivity index (χ0v) is 19.1. The number of amides is 1. The topological polar surface area (TPSA) is 59.8 Å². The summed E-state index contributed by atoms with van der Waals surface area (Å²) in [5.41, 5.74) is 1.43. The summed E-state index contributed by atoms with van der Waals surface area (Å²) >= 11 is 15.2. The molecule has 29 heavy (non-hydrogen) atoms. The number of nitrogens with one attached hydrogen (secondary N) is 1. The average Bonchev–Trinajstić information content (AvgIpc) is 3.31. The van der Waals surface area contributed by atoms with Gasteiger partial charge < -0.3 is 5.32 Å². The van der Waals surface area contributed by atoms with Crippen molar-refractivity contribution in [3.05, 3.63) is 57.2 Å². The molecule has 9 heteroatoms. The number of thioether (sulfide) groups is 1. The van der Waals surface area contributed by atoms with E-state index in [0.717, 1.165) is 11.4 Å². The van der Waals surface area contributed by atoms with Gasteiger partial charge in [0.1, 0.15) is 0 Å². The number of rotatable bonds is 8. The second kappa shape index (κ2) is 9.80. The molecule has 1 aromatic carbocycles. The molecule has 1 N–H and O–H groups in total. The Morgan fingerprint density at radius 1 is 1.34 bits per heavy atom. The lowest BCUT2D eigenvalue weighted by Gasteiger charge is -2.09. The maximum Gasteiger partial charge on any atom is 0.234 e. The van der Waals surface area contributed by atoms with Gasteiger partial charge in [-0.1, -0.05) is 61.0 Å². The monoisotopic (exact) mass is 466 g/mol. The van der Waals surface area contributed by atoms with Crippen LogP contribution in [0.15, 0.2) is 47.5 Å². The van der Waals surface area contributed by atoms with Gasteiger partial charge in [-0.15, -0.1) is 28.1 Å². The molecule has 0 unspecified atom stereocenters. The zero-order chi connectivity index (χ0) is 21.0. The number of carbonyl (C=O) groups excluding carboxylic acids is 1. The van der Waals surface area contributed by atoms with Gasteiger partial charge in [-0.25, -0.2) is 0 Å². The van der Waals surface area contributed by atoms with Crippen LogP contribution in [0, 0.1) is 0 Å². The standard InChI is InChI=1S/C20H20Cl2N4OS2/c1-4-8-26-19(13-9-16(12(2)3)28-10-13)24-25-20(26)29-11-17(27)23-18-14(21)6-5-7-15(18)22/h4-7,9-10,12H,1,8,11H2,2-3H3,(H,23,27). The normalized spacial score (nSPS) is 11.1. The number of carbonyl (C=O) groups is 1. The molecule has 2 aromatic heterocycles. The third kappa shape index (κ3) is 5.22. The summed E-state index contributed by atoms with van der Waals surface area (Å²) in [6.07, 6.45) is 1.79. The number of anilines is 1. The van der Waals surface area contributed by atoms with E-state index < -0.39 is 0 Å². The SMILES string of the molecule is C=CCn1c(SCC(=O)Nc2c(Cl)cccc2Cl)nnc1-c1csc(C(C)C)c1. The third-order valence-electron chi connectivity index (χ3n) is 4.04. The van der Waals surface area contributed by atoms with Crippen molar-refractivity contribution < 1.29 is 4.79 Å². The fraction of sp³-hybridized carbons (Fsp3) is 0.250. The minimum atomic E-state index is -0.225. The minimum absolute atomic E-state index is 0.151. The van der Waals surface area contributed by atoms with E-state index in [4.69, 9.17) is 23.2 Å². The van der Waals surface area contributed by atoms with Gasteiger partial charge in [0, 0.05) is 22.4 Å². The quantitative estimate of drug-likeness (QED) is 0.310. The van der Waals surface area contributed by atoms with E-state index in [2.05, 4.69) is 47.4 Å². The van der Waals surface area contributed by atoms with Crippen molar-refractivity contribution in [2.75, 3.05) is 11.1 Å². The van der Waals surface area contributed by atoms with Crippen molar-refractivity contribution in [2.24, 2.45) is 0 Å². The van der Waals surface area contributed by atoms with Crippen LogP contribution in [-0.4, -0.2) is 26.4 Å². The molecule has 0 saturated carbocycles. The first-order chi connectivity index (χ1) is 13.9. The first kappa shape index (κ1) is 21.9. The fourth-order valence-electron chi connectivity index (χ4n) is 2.60. The van der Waals surface area contributed by atoms with Crippen LogP contribution in [-0.2, 0) is 11.3 Å². The van der Waals surface area contributed by atoms with Gasteiger partial charge in [0.15, 0.2) is 11.0 Å². The summed E-state index contributed by atoms with van der Waals surface area (Å²) in [5.74, 6) is 1.15. The van der Waals surface area contributed by atoms with Gasteiger partial charge >= 0.3 is 0 Å². The molecule has 3 rings (SSSR count). The number of hydrogen-bond donors (Lipinski definition) is 1. The maximum absolute atomic E-state index is 12.4. The van der Waals surface area contributed by atoms with E-state index in [1.165, 1.54) is 16.6 Å². The summed E-state index contributed by atoms with van der Waals surface area (Å²) < 4.78 is 1.96. The molecule has 0 aliphatic rings. The molecule has 0 radical (unpaired) electrons. The molecular weight excluding hydrogens is 447 g/mol. The Bertz CT molecular complexity index is 1010. The number of benzene rings is 1. The summed E-state index contributed by atoms with van der Waals surface area (Å²) in [6.45, 7) is 8.70. The predicted molar refractivity (Wildman–Crippen MR) is 123 cm³/mol. The smallest absolute Gasteiger partial charge is 0.234 e. The number of aromatic nitrogens is 3. The Balaban J connectivity index is 1.74. The minimum Gasteiger partial charge on any atom is -0.323 e. The van der Waals surface area contributed by atoms with Gasteiger partial charge in [-0.05, 0) is 24.1 Å². The van der Waals surface area contributed by atoms with Crippen molar-refractivity contribution in [1.82, 2.24) is 14.8 Å². The zero-order valence-electron chi connectivity index (χ0n) is 16.0. The highest BCUT2D eigenvalue weighted by atomic mass is 35.5. The number of para-hydroxylation sites is 1. The Hall–Kier alpha value is -1.80. The Kier molecular flexibility index (Phi) is 7.40. The Morgan fingerprint density at radius 3 is 2.69 bits per heavy atom. The number of nitrogens with zero attached hydrogens (tertiary/aromatic N) is 3. The highest BCUT2D eigenvalue weighted by molar-refractivity contribution is 7.99. The van der Waals surface area contributed by atoms with Gasteiger partial charge in [0.2, 0.25) is 5.91 Å². The summed E-state index contributed by atoms with van der Waals surface area (Å²) in [5, 5.41) is 14.9. The molecule has 0 atom stereocenters. The number of halogens is 2. The van der Waals surface area contributed by atoms with Crippen LogP contribution in [0.3, 0.4) is 0 Å². The molecule has 0 bridgehead atoms. The van der Waals surface area contributed by atoms with Crippen molar-refractivity contribution in [2.45, 2.75) is 31.5 Å². The van der Waals surface area contributed by atoms with Crippen LogP contribution in [0.2, 0.25) is 10.0 Å². The molecule has 5 nitrogen and oxygen atoms in total. The Morgan fingerprint density at radius 2 is 2.07 bits per heavy atom. The Labute approximate surface area is 188 Å². The van der Waals surface area contributed by atoms with Crippen LogP contribution < -0.4 is 5.32 Å². The highest BCUT2D eigenvalue weighted by Gasteiger charge is 2.17. The molecule has 152 valence electrons. The lowest BCUT2D eigenvalue weighted by molar-refractivity contribution is -0.113. The average molecular weight is 467 g/mol. The van der Waals surface area contributed by atoms with Gasteiger partial charge in [0.25, 0.3) is 0 Å². The van der Waals surface area contributed by atoms with E-state index in [9.17, 15) is 4.79 Å². The van der Waals surface area contributed by atoms with E-state index in [1.807, 2.05) is 4.57 Å². The molecule has 2 heterocycles. The fourth-order valence-corrected chi connectivity index (χ4v) is 4.74. The predicted octanol–water partition coefficient (Wildman–Crippen LogP) is 6.35. The van der Waals surface area contributed by atoms with Gasteiger partial charge in [0.05, 0.1) is 21.5 Å². The molecular formula is C20H20Cl2N4OS2. The summed E-state index contributed by atoms with van der Waals surface area (Å²) in [6, 6.07) is 7.22. The number of allylic oxidation sites excluding steroid dienone is 1. The summed E-state index contributed by atoms with van der Waals surface area (Å²) in [7, 11) is 0. The van der Waals surface area contributed by atoms with Gasteiger partial charge in [-0.3, -0.25) is 9.36 Å². The molecule has 0 aliphatic heterocycles. The second-order valence-electron chi connectivity index (χ2n) is 6.53. The molecule has 0 saturated heterocycles. The van der Waals surface area contributed by atoms with Crippen molar-refractivity contribution in [1.29, 1.82) is 0 Å². The van der Waals surface area contributed by atoms with Crippen molar-refractivity contribution >= 4 is 57.9 Å². The summed E-state index contributed by atoms with van der Waals surface area (Å²) in [4.78, 5) is 13.7. The van der Waals surface area contributed by atoms with Crippen molar-refractivity contribution in [3.63, 3.8) is 0 Å². The number of thiophene rings is 1. The first-order valence-electron chi connectivity index (χ1n) is 8.90. The van der Waals surface area contributed by atoms with E-state index in [-0.39, 0.29) is 11.7 Å². The molecule has 0 spiro atoms. The van der Waals surface area contributed by atoms with Gasteiger partial charge in [-0.2, -0.15) is 0 Å². The van der Waals surface area contributed by atoms with Crippen LogP contribution in [0.1, 0.15) is 24.6 Å². The van der Waals surface area contributed by atoms with Crippen LogP contribution in [0.25, 0.3) is 11.4 Å². The lowest BCUT2D eigenvalue weighted by atomic mass is 10.1. The van der Waals surface area contributed by atoms with Crippen LogP contribution in [0.5, 0.6) is 0 Å².